The average molecular weight is 357 g/mol. The van der Waals surface area contributed by atoms with Crippen molar-refractivity contribution in [2.45, 2.75) is 19.9 Å². The van der Waals surface area contributed by atoms with Gasteiger partial charge in [-0.15, -0.1) is 0 Å². The van der Waals surface area contributed by atoms with Crippen molar-refractivity contribution in [2.24, 2.45) is 0 Å². The van der Waals surface area contributed by atoms with Crippen LogP contribution >= 0.6 is 11.3 Å². The number of aromatic nitrogens is 3. The first-order valence-corrected chi connectivity index (χ1v) is 9.53. The number of benzene rings is 1. The SMILES string of the molecule is CCN1CCN(C(c2cccc(C)c2)c2sc3ncnn3c2O)CC1. The van der Waals surface area contributed by atoms with Crippen molar-refractivity contribution >= 4 is 16.3 Å². The Morgan fingerprint density at radius 2 is 2.04 bits per heavy atom. The van der Waals surface area contributed by atoms with Gasteiger partial charge < -0.3 is 10.0 Å². The molecule has 0 spiro atoms. The largest absolute Gasteiger partial charge is 0.492 e. The van der Waals surface area contributed by atoms with E-state index in [-0.39, 0.29) is 11.9 Å². The van der Waals surface area contributed by atoms with E-state index in [2.05, 4.69) is 58.0 Å². The van der Waals surface area contributed by atoms with Crippen molar-refractivity contribution < 1.29 is 5.11 Å². The molecule has 6 nitrogen and oxygen atoms in total. The molecule has 0 bridgehead atoms. The number of likely N-dealkylation sites (N-methyl/N-ethyl adjacent to an activating group) is 1. The Hall–Kier alpha value is -1.96. The second-order valence-corrected chi connectivity index (χ2v) is 7.54. The molecule has 0 saturated carbocycles. The molecular formula is C18H23N5OS. The number of fused-ring (bicyclic) bond motifs is 1. The van der Waals surface area contributed by atoms with Crippen molar-refractivity contribution in [3.05, 3.63) is 46.6 Å². The predicted molar refractivity (Wildman–Crippen MR) is 99.2 cm³/mol. The molecule has 25 heavy (non-hydrogen) atoms. The second kappa shape index (κ2) is 6.74. The molecule has 1 N–H and O–H groups in total. The monoisotopic (exact) mass is 357 g/mol. The summed E-state index contributed by atoms with van der Waals surface area (Å²) in [5.41, 5.74) is 2.44. The molecule has 3 heterocycles. The number of aryl methyl sites for hydroxylation is 1. The summed E-state index contributed by atoms with van der Waals surface area (Å²) in [5.74, 6) is 0.210. The maximum absolute atomic E-state index is 10.7. The highest BCUT2D eigenvalue weighted by atomic mass is 32.1. The Morgan fingerprint density at radius 1 is 1.24 bits per heavy atom. The van der Waals surface area contributed by atoms with Gasteiger partial charge in [-0.1, -0.05) is 48.1 Å². The lowest BCUT2D eigenvalue weighted by molar-refractivity contribution is 0.113. The molecule has 4 rings (SSSR count). The lowest BCUT2D eigenvalue weighted by atomic mass is 10.0. The molecule has 0 amide bonds. The zero-order valence-electron chi connectivity index (χ0n) is 14.6. The summed E-state index contributed by atoms with van der Waals surface area (Å²) in [6.07, 6.45) is 1.48. The van der Waals surface area contributed by atoms with Crippen LogP contribution in [0, 0.1) is 6.92 Å². The quantitative estimate of drug-likeness (QED) is 0.778. The zero-order chi connectivity index (χ0) is 17.4. The first kappa shape index (κ1) is 16.5. The third-order valence-electron chi connectivity index (χ3n) is 4.96. The van der Waals surface area contributed by atoms with Crippen LogP contribution in [-0.2, 0) is 0 Å². The number of thiazole rings is 1. The predicted octanol–water partition coefficient (Wildman–Crippen LogP) is 2.53. The third-order valence-corrected chi connectivity index (χ3v) is 6.05. The maximum Gasteiger partial charge on any atom is 0.230 e. The molecule has 132 valence electrons. The van der Waals surface area contributed by atoms with Crippen molar-refractivity contribution in [1.29, 1.82) is 0 Å². The molecule has 2 aromatic heterocycles. The fourth-order valence-corrected chi connectivity index (χ4v) is 4.67. The molecule has 7 heteroatoms. The van der Waals surface area contributed by atoms with Crippen LogP contribution in [0.3, 0.4) is 0 Å². The zero-order valence-corrected chi connectivity index (χ0v) is 15.4. The van der Waals surface area contributed by atoms with E-state index in [1.165, 1.54) is 33.3 Å². The van der Waals surface area contributed by atoms with Gasteiger partial charge in [-0.25, -0.2) is 4.98 Å². The van der Waals surface area contributed by atoms with Gasteiger partial charge in [0, 0.05) is 26.2 Å². The summed E-state index contributed by atoms with van der Waals surface area (Å²) in [5, 5.41) is 14.9. The van der Waals surface area contributed by atoms with Gasteiger partial charge in [-0.3, -0.25) is 4.90 Å². The van der Waals surface area contributed by atoms with E-state index < -0.39 is 0 Å². The number of hydrogen-bond donors (Lipinski definition) is 1. The highest BCUT2D eigenvalue weighted by Gasteiger charge is 2.31. The Balaban J connectivity index is 1.76. The molecule has 3 aromatic rings. The lowest BCUT2D eigenvalue weighted by Crippen LogP contribution is -2.47. The Morgan fingerprint density at radius 3 is 2.72 bits per heavy atom. The van der Waals surface area contributed by atoms with Crippen LogP contribution in [0.5, 0.6) is 5.88 Å². The number of nitrogens with zero attached hydrogens (tertiary/aromatic N) is 5. The van der Waals surface area contributed by atoms with Crippen molar-refractivity contribution in [2.75, 3.05) is 32.7 Å². The summed E-state index contributed by atoms with van der Waals surface area (Å²) in [7, 11) is 0. The summed E-state index contributed by atoms with van der Waals surface area (Å²) in [6.45, 7) is 9.49. The minimum atomic E-state index is 0.0346. The summed E-state index contributed by atoms with van der Waals surface area (Å²) in [6, 6.07) is 8.60. The van der Waals surface area contributed by atoms with Gasteiger partial charge in [0.25, 0.3) is 0 Å². The van der Waals surface area contributed by atoms with E-state index in [0.29, 0.717) is 0 Å². The fraction of sp³-hybridized carbons (Fsp3) is 0.444. The van der Waals surface area contributed by atoms with Gasteiger partial charge in [0.1, 0.15) is 6.33 Å². The van der Waals surface area contributed by atoms with E-state index in [1.54, 1.807) is 0 Å². The van der Waals surface area contributed by atoms with Gasteiger partial charge >= 0.3 is 0 Å². The Kier molecular flexibility index (Phi) is 4.45. The van der Waals surface area contributed by atoms with E-state index in [9.17, 15) is 5.11 Å². The van der Waals surface area contributed by atoms with E-state index in [4.69, 9.17) is 0 Å². The van der Waals surface area contributed by atoms with E-state index in [0.717, 1.165) is 42.6 Å². The first-order chi connectivity index (χ1) is 12.2. The van der Waals surface area contributed by atoms with Crippen molar-refractivity contribution in [3.63, 3.8) is 0 Å². The van der Waals surface area contributed by atoms with Gasteiger partial charge in [-0.2, -0.15) is 9.61 Å². The van der Waals surface area contributed by atoms with Crippen LogP contribution in [0.15, 0.2) is 30.6 Å². The number of hydrogen-bond acceptors (Lipinski definition) is 6. The van der Waals surface area contributed by atoms with Crippen LogP contribution < -0.4 is 0 Å². The molecule has 1 aliphatic rings. The smallest absolute Gasteiger partial charge is 0.230 e. The van der Waals surface area contributed by atoms with Gasteiger partial charge in [-0.05, 0) is 19.0 Å². The summed E-state index contributed by atoms with van der Waals surface area (Å²) in [4.78, 5) is 10.8. The molecule has 0 aliphatic carbocycles. The van der Waals surface area contributed by atoms with Crippen LogP contribution in [0.2, 0.25) is 0 Å². The molecule has 1 fully saturated rings. The standard InChI is InChI=1S/C18H23N5OS/c1-3-21-7-9-22(10-8-21)15(14-6-4-5-13(2)11-14)16-17(24)23-18(25-16)19-12-20-23/h4-6,11-12,15,24H,3,7-10H2,1-2H3. The normalized spacial score (nSPS) is 18.0. The highest BCUT2D eigenvalue weighted by molar-refractivity contribution is 7.17. The second-order valence-electron chi connectivity index (χ2n) is 6.53. The minimum absolute atomic E-state index is 0.0346. The van der Waals surface area contributed by atoms with Gasteiger partial charge in [0.05, 0.1) is 10.9 Å². The van der Waals surface area contributed by atoms with Crippen LogP contribution in [0.1, 0.15) is 29.0 Å². The summed E-state index contributed by atoms with van der Waals surface area (Å²) < 4.78 is 1.53. The highest BCUT2D eigenvalue weighted by Crippen LogP contribution is 2.40. The number of rotatable bonds is 4. The van der Waals surface area contributed by atoms with E-state index in [1.807, 2.05) is 0 Å². The first-order valence-electron chi connectivity index (χ1n) is 8.71. The average Bonchev–Trinajstić information content (AvgIpc) is 3.20. The van der Waals surface area contributed by atoms with Crippen molar-refractivity contribution in [3.8, 4) is 5.88 Å². The summed E-state index contributed by atoms with van der Waals surface area (Å²) >= 11 is 1.52. The lowest BCUT2D eigenvalue weighted by Gasteiger charge is -2.38. The molecule has 1 aromatic carbocycles. The van der Waals surface area contributed by atoms with Crippen LogP contribution in [0.25, 0.3) is 4.96 Å². The number of piperazine rings is 1. The topological polar surface area (TPSA) is 56.9 Å². The fourth-order valence-electron chi connectivity index (χ4n) is 3.58. The molecular weight excluding hydrogens is 334 g/mol. The molecule has 1 atom stereocenters. The van der Waals surface area contributed by atoms with Crippen LogP contribution in [0.4, 0.5) is 0 Å². The number of aromatic hydroxyl groups is 1. The Labute approximate surface area is 151 Å². The molecule has 0 radical (unpaired) electrons. The van der Waals surface area contributed by atoms with Crippen LogP contribution in [-0.4, -0.2) is 62.2 Å². The third kappa shape index (κ3) is 3.03. The molecule has 1 aliphatic heterocycles. The minimum Gasteiger partial charge on any atom is -0.492 e. The maximum atomic E-state index is 10.7. The van der Waals surface area contributed by atoms with Gasteiger partial charge in [0.15, 0.2) is 0 Å². The van der Waals surface area contributed by atoms with E-state index >= 15 is 0 Å². The molecule has 1 unspecified atom stereocenters. The van der Waals surface area contributed by atoms with Crippen molar-refractivity contribution in [1.82, 2.24) is 24.4 Å². The Bertz CT molecular complexity index is 865. The molecule has 1 saturated heterocycles. The van der Waals surface area contributed by atoms with Gasteiger partial charge in [0.2, 0.25) is 10.8 Å².